The molecule has 3 aromatic carbocycles. The van der Waals surface area contributed by atoms with E-state index in [9.17, 15) is 16.8 Å². The highest BCUT2D eigenvalue weighted by Crippen LogP contribution is 2.28. The monoisotopic (exact) mass is 534 g/mol. The van der Waals surface area contributed by atoms with Crippen LogP contribution in [0.3, 0.4) is 0 Å². The molecular weight excluding hydrogens is 516 g/mol. The maximum absolute atomic E-state index is 13.0. The summed E-state index contributed by atoms with van der Waals surface area (Å²) in [5.74, 6) is -0.217. The van der Waals surface area contributed by atoms with Crippen molar-refractivity contribution in [1.29, 1.82) is 0 Å². The zero-order chi connectivity index (χ0) is 22.9. The quantitative estimate of drug-likeness (QED) is 0.326. The number of hydrogen-bond acceptors (Lipinski definition) is 6. The first-order valence-electron chi connectivity index (χ1n) is 9.55. The van der Waals surface area contributed by atoms with E-state index < -0.39 is 20.1 Å². The van der Waals surface area contributed by atoms with Crippen molar-refractivity contribution in [2.45, 2.75) is 24.2 Å². The molecule has 166 valence electrons. The summed E-state index contributed by atoms with van der Waals surface area (Å²) in [6.45, 7) is 1.60. The summed E-state index contributed by atoms with van der Waals surface area (Å²) in [5, 5.41) is 4.66. The molecule has 0 unspecified atom stereocenters. The van der Waals surface area contributed by atoms with Gasteiger partial charge in [-0.05, 0) is 42.3 Å². The van der Waals surface area contributed by atoms with Crippen LogP contribution in [0.2, 0.25) is 0 Å². The first-order valence-corrected chi connectivity index (χ1v) is 13.4. The summed E-state index contributed by atoms with van der Waals surface area (Å²) >= 11 is 3.41. The Morgan fingerprint density at radius 1 is 0.938 bits per heavy atom. The zero-order valence-corrected chi connectivity index (χ0v) is 20.2. The molecule has 0 amide bonds. The van der Waals surface area contributed by atoms with Gasteiger partial charge in [0.15, 0.2) is 0 Å². The Balaban J connectivity index is 1.64. The third-order valence-electron chi connectivity index (χ3n) is 4.81. The maximum Gasteiger partial charge on any atom is 0.297 e. The third-order valence-corrected chi connectivity index (χ3v) is 8.26. The second kappa shape index (κ2) is 8.78. The summed E-state index contributed by atoms with van der Waals surface area (Å²) in [6, 6.07) is 18.4. The highest BCUT2D eigenvalue weighted by Gasteiger charge is 2.21. The minimum absolute atomic E-state index is 0.0544. The average molecular weight is 535 g/mol. The number of nitrogens with zero attached hydrogens (tertiary/aromatic N) is 2. The lowest BCUT2D eigenvalue weighted by atomic mass is 10.2. The summed E-state index contributed by atoms with van der Waals surface area (Å²) in [7, 11) is -7.76. The summed E-state index contributed by atoms with van der Waals surface area (Å²) in [6.07, 6.45) is 1.45. The molecule has 0 radical (unpaired) electrons. The fraction of sp³-hybridized carbons (Fsp3) is 0.136. The summed E-state index contributed by atoms with van der Waals surface area (Å²) < 4.78 is 57.7. The molecule has 10 heteroatoms. The van der Waals surface area contributed by atoms with E-state index in [1.807, 2.05) is 13.0 Å². The van der Waals surface area contributed by atoms with Crippen molar-refractivity contribution in [3.63, 3.8) is 0 Å². The Morgan fingerprint density at radius 2 is 1.62 bits per heavy atom. The van der Waals surface area contributed by atoms with E-state index in [1.165, 1.54) is 18.3 Å². The summed E-state index contributed by atoms with van der Waals surface area (Å²) in [5.41, 5.74) is 2.39. The molecule has 0 atom stereocenters. The normalized spacial score (nSPS) is 12.3. The van der Waals surface area contributed by atoms with Crippen LogP contribution in [0.1, 0.15) is 16.7 Å². The van der Waals surface area contributed by atoms with Crippen molar-refractivity contribution in [3.8, 4) is 0 Å². The Labute approximate surface area is 195 Å². The minimum atomic E-state index is -3.96. The van der Waals surface area contributed by atoms with E-state index in [-0.39, 0.29) is 17.3 Å². The lowest BCUT2D eigenvalue weighted by Gasteiger charge is -2.09. The lowest BCUT2D eigenvalue weighted by molar-refractivity contribution is 0.308. The van der Waals surface area contributed by atoms with Crippen LogP contribution in [0.5, 0.6) is 0 Å². The Kier molecular flexibility index (Phi) is 6.22. The second-order valence-electron chi connectivity index (χ2n) is 7.27. The van der Waals surface area contributed by atoms with E-state index in [0.717, 1.165) is 9.65 Å². The first kappa shape index (κ1) is 22.7. The van der Waals surface area contributed by atoms with Gasteiger partial charge >= 0.3 is 0 Å². The van der Waals surface area contributed by atoms with Gasteiger partial charge in [-0.2, -0.15) is 17.6 Å². The van der Waals surface area contributed by atoms with Crippen molar-refractivity contribution < 1.29 is 21.0 Å². The number of benzene rings is 3. The average Bonchev–Trinajstić information content (AvgIpc) is 3.19. The van der Waals surface area contributed by atoms with Gasteiger partial charge in [0.2, 0.25) is 0 Å². The fourth-order valence-corrected chi connectivity index (χ4v) is 6.06. The van der Waals surface area contributed by atoms with Gasteiger partial charge in [-0.1, -0.05) is 64.0 Å². The molecule has 32 heavy (non-hydrogen) atoms. The number of aryl methyl sites for hydroxylation is 1. The van der Waals surface area contributed by atoms with Crippen molar-refractivity contribution in [3.05, 3.63) is 94.1 Å². The van der Waals surface area contributed by atoms with Crippen LogP contribution in [0.15, 0.2) is 82.3 Å². The second-order valence-corrected chi connectivity index (χ2v) is 11.5. The van der Waals surface area contributed by atoms with Crippen molar-refractivity contribution in [1.82, 2.24) is 9.19 Å². The van der Waals surface area contributed by atoms with E-state index in [2.05, 4.69) is 21.0 Å². The maximum atomic E-state index is 13.0. The van der Waals surface area contributed by atoms with Gasteiger partial charge in [0.05, 0.1) is 29.0 Å². The van der Waals surface area contributed by atoms with Crippen LogP contribution in [-0.4, -0.2) is 26.0 Å². The molecule has 0 bridgehead atoms. The SMILES string of the molecule is Cc1ccc(S(=O)(=O)OCc2cc(Br)c3cnn(S(=O)(=O)Cc4ccccc4)c3c2)cc1. The van der Waals surface area contributed by atoms with E-state index in [4.69, 9.17) is 4.18 Å². The van der Waals surface area contributed by atoms with Crippen molar-refractivity contribution >= 4 is 47.0 Å². The molecule has 0 fully saturated rings. The Hall–Kier alpha value is -2.53. The fourth-order valence-electron chi connectivity index (χ4n) is 3.19. The molecule has 0 saturated heterocycles. The predicted octanol–water partition coefficient (Wildman–Crippen LogP) is 4.39. The largest absolute Gasteiger partial charge is 0.297 e. The molecule has 1 aromatic heterocycles. The molecule has 0 aliphatic carbocycles. The molecule has 4 aromatic rings. The van der Waals surface area contributed by atoms with Gasteiger partial charge in [-0.25, -0.2) is 8.42 Å². The molecular formula is C22H19BrN2O5S2. The van der Waals surface area contributed by atoms with E-state index in [0.29, 0.717) is 26.5 Å². The van der Waals surface area contributed by atoms with Crippen LogP contribution < -0.4 is 0 Å². The number of aromatic nitrogens is 2. The van der Waals surface area contributed by atoms with Crippen LogP contribution in [0.4, 0.5) is 0 Å². The molecule has 0 spiro atoms. The number of rotatable bonds is 7. The van der Waals surface area contributed by atoms with Crippen LogP contribution in [0, 0.1) is 6.92 Å². The van der Waals surface area contributed by atoms with Crippen molar-refractivity contribution in [2.75, 3.05) is 0 Å². The minimum Gasteiger partial charge on any atom is -0.262 e. The topological polar surface area (TPSA) is 95.3 Å². The zero-order valence-electron chi connectivity index (χ0n) is 17.0. The molecule has 0 aliphatic rings. The molecule has 0 aliphatic heterocycles. The summed E-state index contributed by atoms with van der Waals surface area (Å²) in [4.78, 5) is 0.0544. The standard InChI is InChI=1S/C22H19BrN2O5S2/c1-16-7-9-19(10-8-16)32(28,29)30-14-18-11-21(23)20-13-24-25(22(20)12-18)31(26,27)15-17-5-3-2-4-6-17/h2-13H,14-15H2,1H3. The molecule has 0 N–H and O–H groups in total. The van der Waals surface area contributed by atoms with Crippen LogP contribution in [-0.2, 0) is 36.7 Å². The number of fused-ring (bicyclic) bond motifs is 1. The van der Waals surface area contributed by atoms with Gasteiger partial charge in [-0.15, -0.1) is 0 Å². The Bertz CT molecular complexity index is 1480. The van der Waals surface area contributed by atoms with Gasteiger partial charge < -0.3 is 0 Å². The molecule has 4 rings (SSSR count). The van der Waals surface area contributed by atoms with Crippen LogP contribution in [0.25, 0.3) is 10.9 Å². The lowest BCUT2D eigenvalue weighted by Crippen LogP contribution is -2.16. The highest BCUT2D eigenvalue weighted by atomic mass is 79.9. The predicted molar refractivity (Wildman–Crippen MR) is 125 cm³/mol. The van der Waals surface area contributed by atoms with E-state index in [1.54, 1.807) is 48.5 Å². The molecule has 7 nitrogen and oxygen atoms in total. The number of halogens is 1. The third kappa shape index (κ3) is 4.78. The van der Waals surface area contributed by atoms with Gasteiger partial charge in [0.25, 0.3) is 20.1 Å². The van der Waals surface area contributed by atoms with Gasteiger partial charge in [0.1, 0.15) is 0 Å². The smallest absolute Gasteiger partial charge is 0.262 e. The molecule has 1 heterocycles. The van der Waals surface area contributed by atoms with E-state index >= 15 is 0 Å². The highest BCUT2D eigenvalue weighted by molar-refractivity contribution is 9.10. The number of hydrogen-bond donors (Lipinski definition) is 0. The van der Waals surface area contributed by atoms with Crippen molar-refractivity contribution in [2.24, 2.45) is 0 Å². The van der Waals surface area contributed by atoms with Gasteiger partial charge in [0, 0.05) is 9.86 Å². The Morgan fingerprint density at radius 3 is 2.31 bits per heavy atom. The van der Waals surface area contributed by atoms with Gasteiger partial charge in [-0.3, -0.25) is 4.18 Å². The molecule has 0 saturated carbocycles. The first-order chi connectivity index (χ1) is 15.2. The van der Waals surface area contributed by atoms with Crippen LogP contribution >= 0.6 is 15.9 Å².